The summed E-state index contributed by atoms with van der Waals surface area (Å²) in [5, 5.41) is 0. The number of para-hydroxylation sites is 1. The molecule has 2 aromatic rings. The molecule has 0 radical (unpaired) electrons. The number of anilines is 1. The van der Waals surface area contributed by atoms with Gasteiger partial charge in [-0.25, -0.2) is 0 Å². The summed E-state index contributed by atoms with van der Waals surface area (Å²) in [6.45, 7) is 2.93. The maximum Gasteiger partial charge on any atom is 0.294 e. The lowest BCUT2D eigenvalue weighted by atomic mass is 9.91. The smallest absolute Gasteiger partial charge is 0.294 e. The fourth-order valence-electron chi connectivity index (χ4n) is 2.52. The van der Waals surface area contributed by atoms with E-state index >= 15 is 0 Å². The number of hydrogen-bond acceptors (Lipinski definition) is 2. The molecule has 2 heterocycles. The van der Waals surface area contributed by atoms with E-state index in [2.05, 4.69) is 28.9 Å². The zero-order chi connectivity index (χ0) is 13.4. The highest BCUT2D eigenvalue weighted by molar-refractivity contribution is 9.10. The number of benzene rings is 1. The van der Waals surface area contributed by atoms with Crippen LogP contribution in [0.25, 0.3) is 0 Å². The summed E-state index contributed by atoms with van der Waals surface area (Å²) in [5.74, 6) is 0.782. The number of fused-ring (bicyclic) bond motifs is 1. The largest absolute Gasteiger partial charge is 0.444 e. The summed E-state index contributed by atoms with van der Waals surface area (Å²) < 4.78 is 5.94. The van der Waals surface area contributed by atoms with E-state index in [4.69, 9.17) is 4.42 Å². The molecule has 19 heavy (non-hydrogen) atoms. The van der Waals surface area contributed by atoms with E-state index in [0.717, 1.165) is 18.7 Å². The number of rotatable bonds is 1. The second-order valence-corrected chi connectivity index (χ2v) is 5.59. The van der Waals surface area contributed by atoms with E-state index in [9.17, 15) is 4.79 Å². The lowest BCUT2D eigenvalue weighted by Crippen LogP contribution is -2.36. The number of amides is 1. The second-order valence-electron chi connectivity index (χ2n) is 4.81. The van der Waals surface area contributed by atoms with Gasteiger partial charge in [-0.2, -0.15) is 0 Å². The first kappa shape index (κ1) is 12.5. The van der Waals surface area contributed by atoms with Gasteiger partial charge in [-0.15, -0.1) is 0 Å². The van der Waals surface area contributed by atoms with Gasteiger partial charge in [-0.05, 0) is 52.0 Å². The van der Waals surface area contributed by atoms with Gasteiger partial charge in [0.25, 0.3) is 5.91 Å². The number of carbonyl (C=O) groups excluding carboxylic acids is 1. The monoisotopic (exact) mass is 319 g/mol. The van der Waals surface area contributed by atoms with Gasteiger partial charge in [0.1, 0.15) is 0 Å². The normalized spacial score (nSPS) is 18.2. The van der Waals surface area contributed by atoms with E-state index < -0.39 is 0 Å². The molecule has 1 aliphatic rings. The van der Waals surface area contributed by atoms with Crippen LogP contribution in [0.15, 0.2) is 45.5 Å². The molecular formula is C15H14BrNO2. The lowest BCUT2D eigenvalue weighted by molar-refractivity contribution is 0.0956. The van der Waals surface area contributed by atoms with Crippen molar-refractivity contribution in [3.63, 3.8) is 0 Å². The van der Waals surface area contributed by atoms with Crippen molar-refractivity contribution in [2.45, 2.75) is 19.3 Å². The minimum absolute atomic E-state index is 0.0787. The maximum atomic E-state index is 12.5. The van der Waals surface area contributed by atoms with Crippen molar-refractivity contribution in [3.05, 3.63) is 52.4 Å². The molecule has 1 aromatic carbocycles. The van der Waals surface area contributed by atoms with E-state index in [1.165, 1.54) is 5.56 Å². The van der Waals surface area contributed by atoms with Crippen LogP contribution in [0.4, 0.5) is 5.69 Å². The van der Waals surface area contributed by atoms with Crippen LogP contribution in [-0.4, -0.2) is 12.5 Å². The highest BCUT2D eigenvalue weighted by Gasteiger charge is 2.28. The molecule has 1 aromatic heterocycles. The summed E-state index contributed by atoms with van der Waals surface area (Å²) in [5.41, 5.74) is 2.23. The number of halogens is 1. The first-order valence-corrected chi connectivity index (χ1v) is 7.12. The van der Waals surface area contributed by atoms with Gasteiger partial charge >= 0.3 is 0 Å². The van der Waals surface area contributed by atoms with Crippen LogP contribution in [0.3, 0.4) is 0 Å². The molecule has 0 N–H and O–H groups in total. The molecule has 1 amide bonds. The zero-order valence-corrected chi connectivity index (χ0v) is 12.2. The molecular weight excluding hydrogens is 306 g/mol. The molecule has 0 saturated carbocycles. The van der Waals surface area contributed by atoms with Gasteiger partial charge in [0, 0.05) is 12.2 Å². The van der Waals surface area contributed by atoms with Gasteiger partial charge < -0.3 is 9.32 Å². The Labute approximate surface area is 120 Å². The van der Waals surface area contributed by atoms with Crippen molar-refractivity contribution in [2.75, 3.05) is 11.4 Å². The van der Waals surface area contributed by atoms with Gasteiger partial charge in [-0.1, -0.05) is 25.1 Å². The quantitative estimate of drug-likeness (QED) is 0.789. The Hall–Kier alpha value is -1.55. The molecule has 1 unspecified atom stereocenters. The fraction of sp³-hybridized carbons (Fsp3) is 0.267. The molecule has 0 spiro atoms. The fourth-order valence-corrected chi connectivity index (χ4v) is 2.83. The molecule has 98 valence electrons. The number of nitrogens with zero attached hydrogens (tertiary/aromatic N) is 1. The van der Waals surface area contributed by atoms with Crippen LogP contribution >= 0.6 is 15.9 Å². The minimum atomic E-state index is -0.0787. The van der Waals surface area contributed by atoms with Crippen molar-refractivity contribution in [2.24, 2.45) is 0 Å². The van der Waals surface area contributed by atoms with Gasteiger partial charge in [0.2, 0.25) is 0 Å². The van der Waals surface area contributed by atoms with E-state index in [0.29, 0.717) is 16.3 Å². The predicted molar refractivity (Wildman–Crippen MR) is 77.6 cm³/mol. The average Bonchev–Trinajstić information content (AvgIpc) is 2.86. The molecule has 0 saturated heterocycles. The SMILES string of the molecule is CC1CCN(C(=O)c2ccc(Br)o2)c2ccccc21. The Morgan fingerprint density at radius 3 is 2.84 bits per heavy atom. The third kappa shape index (κ3) is 2.21. The minimum Gasteiger partial charge on any atom is -0.444 e. The summed E-state index contributed by atoms with van der Waals surface area (Å²) in [4.78, 5) is 14.3. The molecule has 0 bridgehead atoms. The standard InChI is InChI=1S/C15H14BrNO2/c1-10-8-9-17(12-5-3-2-4-11(10)12)15(18)13-6-7-14(16)19-13/h2-7,10H,8-9H2,1H3. The van der Waals surface area contributed by atoms with Gasteiger partial charge in [-0.3, -0.25) is 4.79 Å². The highest BCUT2D eigenvalue weighted by atomic mass is 79.9. The average molecular weight is 320 g/mol. The van der Waals surface area contributed by atoms with Crippen molar-refractivity contribution in [1.29, 1.82) is 0 Å². The van der Waals surface area contributed by atoms with Gasteiger partial charge in [0.05, 0.1) is 0 Å². The Morgan fingerprint density at radius 2 is 2.11 bits per heavy atom. The van der Waals surface area contributed by atoms with E-state index in [1.807, 2.05) is 18.2 Å². The molecule has 4 heteroatoms. The Balaban J connectivity index is 1.98. The van der Waals surface area contributed by atoms with Crippen LogP contribution in [0, 0.1) is 0 Å². The van der Waals surface area contributed by atoms with Crippen LogP contribution in [0.5, 0.6) is 0 Å². The summed E-state index contributed by atoms with van der Waals surface area (Å²) >= 11 is 3.23. The summed E-state index contributed by atoms with van der Waals surface area (Å²) in [7, 11) is 0. The Morgan fingerprint density at radius 1 is 1.32 bits per heavy atom. The number of hydrogen-bond donors (Lipinski definition) is 0. The van der Waals surface area contributed by atoms with Crippen molar-refractivity contribution in [1.82, 2.24) is 0 Å². The van der Waals surface area contributed by atoms with E-state index in [-0.39, 0.29) is 5.91 Å². The van der Waals surface area contributed by atoms with Crippen LogP contribution < -0.4 is 4.90 Å². The molecule has 3 nitrogen and oxygen atoms in total. The van der Waals surface area contributed by atoms with Crippen LogP contribution in [0.1, 0.15) is 35.4 Å². The second kappa shape index (κ2) is 4.85. The van der Waals surface area contributed by atoms with Crippen molar-refractivity contribution >= 4 is 27.5 Å². The Bertz CT molecular complexity index is 620. The highest BCUT2D eigenvalue weighted by Crippen LogP contribution is 2.35. The van der Waals surface area contributed by atoms with Crippen molar-refractivity contribution in [3.8, 4) is 0 Å². The number of carbonyl (C=O) groups is 1. The summed E-state index contributed by atoms with van der Waals surface area (Å²) in [6, 6.07) is 11.5. The predicted octanol–water partition coefficient (Wildman–Crippen LogP) is 4.20. The molecule has 0 aliphatic carbocycles. The van der Waals surface area contributed by atoms with Gasteiger partial charge in [0.15, 0.2) is 10.4 Å². The Kier molecular flexibility index (Phi) is 3.19. The van der Waals surface area contributed by atoms with E-state index in [1.54, 1.807) is 17.0 Å². The first-order valence-electron chi connectivity index (χ1n) is 6.33. The summed E-state index contributed by atoms with van der Waals surface area (Å²) in [6.07, 6.45) is 0.977. The van der Waals surface area contributed by atoms with Crippen molar-refractivity contribution < 1.29 is 9.21 Å². The third-order valence-corrected chi connectivity index (χ3v) is 4.00. The van der Waals surface area contributed by atoms with Crippen LogP contribution in [-0.2, 0) is 0 Å². The molecule has 1 aliphatic heterocycles. The number of furan rings is 1. The first-order chi connectivity index (χ1) is 9.16. The molecule has 3 rings (SSSR count). The zero-order valence-electron chi connectivity index (χ0n) is 10.6. The maximum absolute atomic E-state index is 12.5. The van der Waals surface area contributed by atoms with Crippen LogP contribution in [0.2, 0.25) is 0 Å². The topological polar surface area (TPSA) is 33.5 Å². The lowest BCUT2D eigenvalue weighted by Gasteiger charge is -2.32. The molecule has 0 fully saturated rings. The molecule has 1 atom stereocenters. The third-order valence-electron chi connectivity index (χ3n) is 3.57.